The van der Waals surface area contributed by atoms with Gasteiger partial charge in [0.15, 0.2) is 0 Å². The summed E-state index contributed by atoms with van der Waals surface area (Å²) < 4.78 is 11.8. The summed E-state index contributed by atoms with van der Waals surface area (Å²) in [5, 5.41) is 13.3. The fourth-order valence-electron chi connectivity index (χ4n) is 2.70. The lowest BCUT2D eigenvalue weighted by molar-refractivity contribution is 0.0429. The number of β-amino-alcohol motifs (C(OH)–C–C–N with tert-alkyl or cyclic N) is 1. The zero-order chi connectivity index (χ0) is 16.7. The summed E-state index contributed by atoms with van der Waals surface area (Å²) in [6, 6.07) is 7.92. The van der Waals surface area contributed by atoms with Crippen LogP contribution in [0.3, 0.4) is 0 Å². The number of hydrogen-bond donors (Lipinski definition) is 2. The van der Waals surface area contributed by atoms with Gasteiger partial charge in [-0.05, 0) is 39.7 Å². The normalized spacial score (nSPS) is 17.4. The Kier molecular flexibility index (Phi) is 6.88. The Hall–Kier alpha value is -1.10. The molecule has 0 amide bonds. The summed E-state index contributed by atoms with van der Waals surface area (Å²) in [7, 11) is 0. The SMILES string of the molecule is CC(C)(C)NCC(O)COc1ccccc1COC1CCCC1. The largest absolute Gasteiger partial charge is 0.490 e. The molecule has 0 bridgehead atoms. The van der Waals surface area contributed by atoms with E-state index in [1.165, 1.54) is 25.7 Å². The van der Waals surface area contributed by atoms with Crippen molar-refractivity contribution in [1.29, 1.82) is 0 Å². The Bertz CT molecular complexity index is 464. The average molecular weight is 321 g/mol. The Labute approximate surface area is 140 Å². The van der Waals surface area contributed by atoms with Gasteiger partial charge in [0.25, 0.3) is 0 Å². The van der Waals surface area contributed by atoms with E-state index in [4.69, 9.17) is 9.47 Å². The molecule has 0 radical (unpaired) electrons. The molecule has 4 nitrogen and oxygen atoms in total. The molecule has 1 fully saturated rings. The molecular weight excluding hydrogens is 290 g/mol. The van der Waals surface area contributed by atoms with Crippen molar-refractivity contribution in [2.75, 3.05) is 13.2 Å². The van der Waals surface area contributed by atoms with Gasteiger partial charge in [-0.15, -0.1) is 0 Å². The number of ether oxygens (including phenoxy) is 2. The molecule has 1 unspecified atom stereocenters. The number of aliphatic hydroxyl groups excluding tert-OH is 1. The van der Waals surface area contributed by atoms with E-state index in [0.29, 0.717) is 19.3 Å². The molecule has 1 aromatic carbocycles. The van der Waals surface area contributed by atoms with Crippen LogP contribution in [0.1, 0.15) is 52.0 Å². The third-order valence-corrected chi connectivity index (χ3v) is 4.05. The quantitative estimate of drug-likeness (QED) is 0.771. The van der Waals surface area contributed by atoms with Crippen LogP contribution in [0.5, 0.6) is 5.75 Å². The average Bonchev–Trinajstić information content (AvgIpc) is 3.02. The van der Waals surface area contributed by atoms with Gasteiger partial charge in [0.2, 0.25) is 0 Å². The minimum absolute atomic E-state index is 0.00594. The van der Waals surface area contributed by atoms with Gasteiger partial charge in [0, 0.05) is 17.6 Å². The van der Waals surface area contributed by atoms with Crippen molar-refractivity contribution in [2.45, 2.75) is 70.8 Å². The van der Waals surface area contributed by atoms with Crippen LogP contribution >= 0.6 is 0 Å². The van der Waals surface area contributed by atoms with Crippen LogP contribution in [0.2, 0.25) is 0 Å². The van der Waals surface area contributed by atoms with Crippen molar-refractivity contribution in [2.24, 2.45) is 0 Å². The summed E-state index contributed by atoms with van der Waals surface area (Å²) in [6.07, 6.45) is 4.74. The maximum Gasteiger partial charge on any atom is 0.124 e. The lowest BCUT2D eigenvalue weighted by Crippen LogP contribution is -2.42. The van der Waals surface area contributed by atoms with Crippen molar-refractivity contribution < 1.29 is 14.6 Å². The van der Waals surface area contributed by atoms with Crippen molar-refractivity contribution in [3.8, 4) is 5.75 Å². The molecule has 23 heavy (non-hydrogen) atoms. The van der Waals surface area contributed by atoms with E-state index in [2.05, 4.69) is 26.1 Å². The molecule has 1 atom stereocenters. The fraction of sp³-hybridized carbons (Fsp3) is 0.684. The van der Waals surface area contributed by atoms with Gasteiger partial charge in [-0.2, -0.15) is 0 Å². The smallest absolute Gasteiger partial charge is 0.124 e. The number of aliphatic hydroxyl groups is 1. The van der Waals surface area contributed by atoms with Crippen LogP contribution in [0.4, 0.5) is 0 Å². The van der Waals surface area contributed by atoms with E-state index in [9.17, 15) is 5.11 Å². The highest BCUT2D eigenvalue weighted by molar-refractivity contribution is 5.32. The predicted octanol–water partition coefficient (Wildman–Crippen LogP) is 3.27. The van der Waals surface area contributed by atoms with E-state index in [1.54, 1.807) is 0 Å². The summed E-state index contributed by atoms with van der Waals surface area (Å²) in [5.41, 5.74) is 1.05. The zero-order valence-corrected chi connectivity index (χ0v) is 14.7. The van der Waals surface area contributed by atoms with Crippen molar-refractivity contribution in [1.82, 2.24) is 5.32 Å². The topological polar surface area (TPSA) is 50.7 Å². The van der Waals surface area contributed by atoms with Gasteiger partial charge in [-0.25, -0.2) is 0 Å². The highest BCUT2D eigenvalue weighted by Crippen LogP contribution is 2.25. The molecule has 0 aliphatic heterocycles. The van der Waals surface area contributed by atoms with Crippen LogP contribution in [0.25, 0.3) is 0 Å². The van der Waals surface area contributed by atoms with Gasteiger partial charge in [0.1, 0.15) is 18.5 Å². The summed E-state index contributed by atoms with van der Waals surface area (Å²) in [5.74, 6) is 0.806. The van der Waals surface area contributed by atoms with Crippen molar-refractivity contribution in [3.63, 3.8) is 0 Å². The Morgan fingerprint density at radius 1 is 1.22 bits per heavy atom. The molecule has 0 saturated heterocycles. The van der Waals surface area contributed by atoms with E-state index < -0.39 is 6.10 Å². The first-order chi connectivity index (χ1) is 10.9. The van der Waals surface area contributed by atoms with Crippen LogP contribution < -0.4 is 10.1 Å². The first-order valence-electron chi connectivity index (χ1n) is 8.69. The molecule has 130 valence electrons. The third-order valence-electron chi connectivity index (χ3n) is 4.05. The first-order valence-corrected chi connectivity index (χ1v) is 8.69. The highest BCUT2D eigenvalue weighted by atomic mass is 16.5. The fourth-order valence-corrected chi connectivity index (χ4v) is 2.70. The standard InChI is InChI=1S/C19H31NO3/c1-19(2,3)20-12-16(21)14-23-18-11-7-4-8-15(18)13-22-17-9-5-6-10-17/h4,7-8,11,16-17,20-21H,5-6,9-10,12-14H2,1-3H3. The molecule has 0 aromatic heterocycles. The van der Waals surface area contributed by atoms with E-state index >= 15 is 0 Å². The number of benzene rings is 1. The number of para-hydroxylation sites is 1. The second-order valence-electron chi connectivity index (χ2n) is 7.42. The van der Waals surface area contributed by atoms with Crippen LogP contribution in [0, 0.1) is 0 Å². The molecule has 1 aromatic rings. The Morgan fingerprint density at radius 2 is 1.91 bits per heavy atom. The van der Waals surface area contributed by atoms with Crippen LogP contribution in [-0.2, 0) is 11.3 Å². The summed E-state index contributed by atoms with van der Waals surface area (Å²) in [4.78, 5) is 0. The number of hydrogen-bond acceptors (Lipinski definition) is 4. The van der Waals surface area contributed by atoms with Gasteiger partial charge in [-0.3, -0.25) is 0 Å². The molecule has 1 aliphatic rings. The molecule has 2 N–H and O–H groups in total. The van der Waals surface area contributed by atoms with E-state index in [-0.39, 0.29) is 12.1 Å². The van der Waals surface area contributed by atoms with E-state index in [1.807, 2.05) is 24.3 Å². The maximum absolute atomic E-state index is 10.0. The van der Waals surface area contributed by atoms with Gasteiger partial charge in [-0.1, -0.05) is 31.0 Å². The van der Waals surface area contributed by atoms with Gasteiger partial charge < -0.3 is 19.9 Å². The lowest BCUT2D eigenvalue weighted by Gasteiger charge is -2.23. The number of nitrogens with one attached hydrogen (secondary N) is 1. The molecule has 1 aliphatic carbocycles. The minimum atomic E-state index is -0.530. The Morgan fingerprint density at radius 3 is 2.61 bits per heavy atom. The molecule has 0 heterocycles. The van der Waals surface area contributed by atoms with Crippen LogP contribution in [0.15, 0.2) is 24.3 Å². The minimum Gasteiger partial charge on any atom is -0.490 e. The zero-order valence-electron chi connectivity index (χ0n) is 14.7. The second kappa shape index (κ2) is 8.67. The Balaban J connectivity index is 1.79. The summed E-state index contributed by atoms with van der Waals surface area (Å²) >= 11 is 0. The number of rotatable bonds is 8. The maximum atomic E-state index is 10.0. The lowest BCUT2D eigenvalue weighted by atomic mass is 10.1. The molecule has 2 rings (SSSR count). The molecule has 0 spiro atoms. The highest BCUT2D eigenvalue weighted by Gasteiger charge is 2.17. The van der Waals surface area contributed by atoms with Gasteiger partial charge in [0.05, 0.1) is 12.7 Å². The first kappa shape index (κ1) is 18.2. The van der Waals surface area contributed by atoms with E-state index in [0.717, 1.165) is 11.3 Å². The molecular formula is C19H31NO3. The molecule has 4 heteroatoms. The van der Waals surface area contributed by atoms with Gasteiger partial charge >= 0.3 is 0 Å². The summed E-state index contributed by atoms with van der Waals surface area (Å²) in [6.45, 7) is 7.62. The second-order valence-corrected chi connectivity index (χ2v) is 7.42. The van der Waals surface area contributed by atoms with Crippen molar-refractivity contribution >= 4 is 0 Å². The molecule has 1 saturated carbocycles. The third kappa shape index (κ3) is 6.90. The van der Waals surface area contributed by atoms with Crippen molar-refractivity contribution in [3.05, 3.63) is 29.8 Å². The predicted molar refractivity (Wildman–Crippen MR) is 92.7 cm³/mol. The van der Waals surface area contributed by atoms with Crippen LogP contribution in [-0.4, -0.2) is 36.0 Å². The monoisotopic (exact) mass is 321 g/mol.